The number of nitrogens with zero attached hydrogens (tertiary/aromatic N) is 4. The van der Waals surface area contributed by atoms with Crippen LogP contribution in [0.5, 0.6) is 0 Å². The van der Waals surface area contributed by atoms with Gasteiger partial charge in [-0.1, -0.05) is 6.07 Å². The van der Waals surface area contributed by atoms with Gasteiger partial charge in [0.25, 0.3) is 5.91 Å². The highest BCUT2D eigenvalue weighted by molar-refractivity contribution is 7.93. The number of benzene rings is 1. The Kier molecular flexibility index (Phi) is 3.05. The number of rotatable bonds is 2. The molecule has 23 heavy (non-hydrogen) atoms. The quantitative estimate of drug-likeness (QED) is 0.769. The third kappa shape index (κ3) is 2.33. The molecule has 1 atom stereocenters. The summed E-state index contributed by atoms with van der Waals surface area (Å²) in [5.74, 6) is -0.381. The predicted octanol–water partition coefficient (Wildman–Crippen LogP) is 1.39. The zero-order valence-corrected chi connectivity index (χ0v) is 12.9. The van der Waals surface area contributed by atoms with E-state index in [1.807, 2.05) is 25.1 Å². The van der Waals surface area contributed by atoms with E-state index in [-0.39, 0.29) is 5.91 Å². The molecule has 4 rings (SSSR count). The molecule has 0 bridgehead atoms. The molecule has 1 aromatic carbocycles. The van der Waals surface area contributed by atoms with E-state index >= 15 is 0 Å². The van der Waals surface area contributed by atoms with E-state index in [0.717, 1.165) is 27.9 Å². The Bertz CT molecular complexity index is 1010. The van der Waals surface area contributed by atoms with E-state index < -0.39 is 11.0 Å². The van der Waals surface area contributed by atoms with Gasteiger partial charge >= 0.3 is 0 Å². The summed E-state index contributed by atoms with van der Waals surface area (Å²) in [5, 5.41) is 5.43. The Morgan fingerprint density at radius 3 is 2.83 bits per heavy atom. The zero-order valence-electron chi connectivity index (χ0n) is 12.1. The first kappa shape index (κ1) is 13.8. The highest BCUT2D eigenvalue weighted by Gasteiger charge is 2.23. The van der Waals surface area contributed by atoms with E-state index in [9.17, 15) is 9.00 Å². The van der Waals surface area contributed by atoms with Crippen molar-refractivity contribution in [2.75, 3.05) is 0 Å². The van der Waals surface area contributed by atoms with Crippen molar-refractivity contribution in [1.29, 1.82) is 0 Å². The first-order chi connectivity index (χ1) is 11.1. The van der Waals surface area contributed by atoms with Crippen molar-refractivity contribution in [3.05, 3.63) is 48.6 Å². The minimum absolute atomic E-state index is 0.327. The van der Waals surface area contributed by atoms with Gasteiger partial charge in [0.2, 0.25) is 0 Å². The molecule has 0 fully saturated rings. The van der Waals surface area contributed by atoms with Crippen LogP contribution in [0.25, 0.3) is 27.2 Å². The normalized spacial score (nSPS) is 17.3. The number of carbonyl (C=O) groups excluding carboxylic acids is 1. The lowest BCUT2D eigenvalue weighted by molar-refractivity contribution is -0.114. The number of hydrogen-bond donors (Lipinski definition) is 1. The Morgan fingerprint density at radius 2 is 2.09 bits per heavy atom. The van der Waals surface area contributed by atoms with Gasteiger partial charge in [-0.2, -0.15) is 5.10 Å². The van der Waals surface area contributed by atoms with Gasteiger partial charge in [0.1, 0.15) is 0 Å². The molecule has 3 aromatic rings. The molecule has 0 radical (unpaired) electrons. The monoisotopic (exact) mass is 325 g/mol. The maximum atomic E-state index is 11.9. The Labute approximate surface area is 133 Å². The maximum absolute atomic E-state index is 11.9. The zero-order chi connectivity index (χ0) is 16.0. The molecule has 8 heteroatoms. The van der Waals surface area contributed by atoms with Crippen LogP contribution in [0, 0.1) is 6.92 Å². The third-order valence-electron chi connectivity index (χ3n) is 3.47. The summed E-state index contributed by atoms with van der Waals surface area (Å²) < 4.78 is 15.7. The minimum Gasteiger partial charge on any atom is -0.269 e. The van der Waals surface area contributed by atoms with Crippen LogP contribution in [0.1, 0.15) is 5.69 Å². The molecule has 7 nitrogen and oxygen atoms in total. The molecule has 0 saturated carbocycles. The maximum Gasteiger partial charge on any atom is 0.258 e. The number of amides is 1. The van der Waals surface area contributed by atoms with Crippen LogP contribution in [-0.2, 0) is 15.8 Å². The lowest BCUT2D eigenvalue weighted by atomic mass is 10.1. The van der Waals surface area contributed by atoms with Crippen LogP contribution in [0.2, 0.25) is 0 Å². The highest BCUT2D eigenvalue weighted by atomic mass is 32.2. The van der Waals surface area contributed by atoms with Crippen molar-refractivity contribution in [3.63, 3.8) is 0 Å². The van der Waals surface area contributed by atoms with Gasteiger partial charge in [0.15, 0.2) is 16.0 Å². The van der Waals surface area contributed by atoms with Gasteiger partial charge < -0.3 is 0 Å². The molecule has 0 spiro atoms. The standard InChI is InChI=1S/C15H11N5O2S/c1-9-6-16-8-12(18-9)10-2-3-13-11(4-10)7-17-20(13)15-5-14(21)19-23(15)22/h2-8H,1H3,(H,19,21). The largest absolute Gasteiger partial charge is 0.269 e. The SMILES string of the molecule is Cc1cncc(-c2ccc3c(cnn3C3=CC(=O)NS3=O)c2)n1. The second kappa shape index (κ2) is 5.10. The minimum atomic E-state index is -1.58. The van der Waals surface area contributed by atoms with E-state index in [1.54, 1.807) is 18.6 Å². The predicted molar refractivity (Wildman–Crippen MR) is 86.1 cm³/mol. The smallest absolute Gasteiger partial charge is 0.258 e. The van der Waals surface area contributed by atoms with Crippen molar-refractivity contribution in [2.45, 2.75) is 6.92 Å². The van der Waals surface area contributed by atoms with Crippen LogP contribution in [-0.4, -0.2) is 29.9 Å². The topological polar surface area (TPSA) is 89.8 Å². The van der Waals surface area contributed by atoms with E-state index in [0.29, 0.717) is 5.03 Å². The second-order valence-corrected chi connectivity index (χ2v) is 6.25. The van der Waals surface area contributed by atoms with E-state index in [4.69, 9.17) is 0 Å². The molecule has 1 aliphatic heterocycles. The molecule has 1 unspecified atom stereocenters. The fraction of sp³-hybridized carbons (Fsp3) is 0.0667. The molecule has 3 heterocycles. The van der Waals surface area contributed by atoms with E-state index in [2.05, 4.69) is 19.8 Å². The fourth-order valence-corrected chi connectivity index (χ4v) is 3.31. The number of aromatic nitrogens is 4. The van der Waals surface area contributed by atoms with Crippen LogP contribution >= 0.6 is 0 Å². The van der Waals surface area contributed by atoms with Crippen molar-refractivity contribution in [2.24, 2.45) is 0 Å². The summed E-state index contributed by atoms with van der Waals surface area (Å²) >= 11 is 0. The summed E-state index contributed by atoms with van der Waals surface area (Å²) in [6, 6.07) is 5.70. The summed E-state index contributed by atoms with van der Waals surface area (Å²) in [5.41, 5.74) is 3.31. The molecule has 114 valence electrons. The van der Waals surface area contributed by atoms with Gasteiger partial charge in [-0.25, -0.2) is 13.9 Å². The van der Waals surface area contributed by atoms with Gasteiger partial charge in [-0.3, -0.25) is 14.5 Å². The third-order valence-corrected chi connectivity index (χ3v) is 4.52. The molecular formula is C15H11N5O2S. The molecule has 1 N–H and O–H groups in total. The number of nitrogens with one attached hydrogen (secondary N) is 1. The van der Waals surface area contributed by atoms with Gasteiger partial charge in [-0.15, -0.1) is 0 Å². The van der Waals surface area contributed by atoms with Crippen LogP contribution < -0.4 is 4.72 Å². The summed E-state index contributed by atoms with van der Waals surface area (Å²) in [7, 11) is -1.58. The average molecular weight is 325 g/mol. The summed E-state index contributed by atoms with van der Waals surface area (Å²) in [6.45, 7) is 1.89. The number of aryl methyl sites for hydroxylation is 1. The first-order valence-corrected chi connectivity index (χ1v) is 7.98. The van der Waals surface area contributed by atoms with Gasteiger partial charge in [0.05, 0.1) is 29.3 Å². The second-order valence-electron chi connectivity index (χ2n) is 5.09. The van der Waals surface area contributed by atoms with Crippen LogP contribution in [0.4, 0.5) is 0 Å². The first-order valence-electron chi connectivity index (χ1n) is 6.83. The Morgan fingerprint density at radius 1 is 1.22 bits per heavy atom. The number of carbonyl (C=O) groups is 1. The molecule has 1 amide bonds. The molecular weight excluding hydrogens is 314 g/mol. The summed E-state index contributed by atoms with van der Waals surface area (Å²) in [6.07, 6.45) is 6.37. The number of hydrogen-bond acceptors (Lipinski definition) is 5. The molecule has 1 aliphatic rings. The van der Waals surface area contributed by atoms with Crippen molar-refractivity contribution in [1.82, 2.24) is 24.5 Å². The highest BCUT2D eigenvalue weighted by Crippen LogP contribution is 2.25. The number of fused-ring (bicyclic) bond motifs is 1. The molecule has 0 saturated heterocycles. The van der Waals surface area contributed by atoms with Crippen LogP contribution in [0.3, 0.4) is 0 Å². The summed E-state index contributed by atoms with van der Waals surface area (Å²) in [4.78, 5) is 19.9. The van der Waals surface area contributed by atoms with Crippen molar-refractivity contribution >= 4 is 32.8 Å². The lowest BCUT2D eigenvalue weighted by Gasteiger charge is -2.04. The average Bonchev–Trinajstić information content (AvgIpc) is 3.09. The van der Waals surface area contributed by atoms with Crippen LogP contribution in [0.15, 0.2) is 42.9 Å². The van der Waals surface area contributed by atoms with E-state index in [1.165, 1.54) is 10.8 Å². The molecule has 2 aromatic heterocycles. The fourth-order valence-electron chi connectivity index (χ4n) is 2.45. The van der Waals surface area contributed by atoms with Gasteiger partial charge in [-0.05, 0) is 19.1 Å². The van der Waals surface area contributed by atoms with Crippen molar-refractivity contribution in [3.8, 4) is 11.3 Å². The van der Waals surface area contributed by atoms with Crippen molar-refractivity contribution < 1.29 is 9.00 Å². The van der Waals surface area contributed by atoms with Gasteiger partial charge in [0, 0.05) is 23.2 Å². The molecule has 0 aliphatic carbocycles. The lowest BCUT2D eigenvalue weighted by Crippen LogP contribution is -2.17. The Hall–Kier alpha value is -2.87. The Balaban J connectivity index is 1.82.